The first kappa shape index (κ1) is 11.6. The summed E-state index contributed by atoms with van der Waals surface area (Å²) in [5.41, 5.74) is 6.40. The minimum Gasteiger partial charge on any atom is -0.393 e. The number of nitrogens with one attached hydrogen (secondary N) is 1. The van der Waals surface area contributed by atoms with Crippen molar-refractivity contribution in [3.8, 4) is 0 Å². The average Bonchev–Trinajstić information content (AvgIpc) is 2.20. The molecule has 1 heterocycles. The van der Waals surface area contributed by atoms with E-state index in [2.05, 4.69) is 10.3 Å². The third kappa shape index (κ3) is 3.28. The summed E-state index contributed by atoms with van der Waals surface area (Å²) in [7, 11) is 0. The van der Waals surface area contributed by atoms with Crippen LogP contribution >= 0.6 is 12.2 Å². The smallest absolute Gasteiger partial charge is 0.235 e. The number of anilines is 1. The van der Waals surface area contributed by atoms with Gasteiger partial charge in [0.2, 0.25) is 5.91 Å². The Morgan fingerprint density at radius 3 is 2.73 bits per heavy atom. The Kier molecular flexibility index (Phi) is 3.74. The molecule has 1 amide bonds. The molecule has 1 aromatic heterocycles. The number of aromatic nitrogens is 1. The van der Waals surface area contributed by atoms with Crippen molar-refractivity contribution in [2.45, 2.75) is 13.8 Å². The number of hydrogen-bond acceptors (Lipinski definition) is 3. The molecule has 0 saturated heterocycles. The molecule has 0 spiro atoms. The maximum Gasteiger partial charge on any atom is 0.235 e. The van der Waals surface area contributed by atoms with Gasteiger partial charge in [-0.15, -0.1) is 0 Å². The molecule has 1 atom stereocenters. The van der Waals surface area contributed by atoms with Crippen molar-refractivity contribution in [2.75, 3.05) is 5.32 Å². The predicted molar refractivity (Wildman–Crippen MR) is 63.6 cm³/mol. The van der Waals surface area contributed by atoms with E-state index in [1.165, 1.54) is 0 Å². The monoisotopic (exact) mass is 223 g/mol. The van der Waals surface area contributed by atoms with Crippen LogP contribution in [0.2, 0.25) is 0 Å². The number of carbonyl (C=O) groups is 1. The zero-order valence-corrected chi connectivity index (χ0v) is 9.47. The number of nitrogens with two attached hydrogens (primary N) is 1. The zero-order valence-electron chi connectivity index (χ0n) is 8.65. The SMILES string of the molecule is Cc1ccc(NC(=O)C(C)C(N)=S)nc1. The van der Waals surface area contributed by atoms with Crippen LogP contribution in [0, 0.1) is 12.8 Å². The van der Waals surface area contributed by atoms with E-state index in [4.69, 9.17) is 18.0 Å². The molecule has 3 N–H and O–H groups in total. The molecule has 0 saturated carbocycles. The lowest BCUT2D eigenvalue weighted by Gasteiger charge is -2.09. The molecule has 4 nitrogen and oxygen atoms in total. The number of rotatable bonds is 3. The lowest BCUT2D eigenvalue weighted by molar-refractivity contribution is -0.117. The summed E-state index contributed by atoms with van der Waals surface area (Å²) < 4.78 is 0. The van der Waals surface area contributed by atoms with Gasteiger partial charge in [-0.1, -0.05) is 18.3 Å². The highest BCUT2D eigenvalue weighted by atomic mass is 32.1. The Bertz CT molecular complexity index is 375. The first-order valence-electron chi connectivity index (χ1n) is 4.53. The topological polar surface area (TPSA) is 68.0 Å². The van der Waals surface area contributed by atoms with Crippen molar-refractivity contribution >= 4 is 28.9 Å². The Morgan fingerprint density at radius 2 is 2.27 bits per heavy atom. The van der Waals surface area contributed by atoms with Crippen molar-refractivity contribution < 1.29 is 4.79 Å². The third-order valence-corrected chi connectivity index (χ3v) is 2.34. The fourth-order valence-electron chi connectivity index (χ4n) is 0.905. The first-order chi connectivity index (χ1) is 7.00. The number of pyridine rings is 1. The first-order valence-corrected chi connectivity index (χ1v) is 4.94. The summed E-state index contributed by atoms with van der Waals surface area (Å²) >= 11 is 4.73. The lowest BCUT2D eigenvalue weighted by Crippen LogP contribution is -2.31. The number of thiocarbonyl (C=S) groups is 1. The van der Waals surface area contributed by atoms with E-state index in [9.17, 15) is 4.79 Å². The second kappa shape index (κ2) is 4.84. The van der Waals surface area contributed by atoms with Crippen LogP contribution in [0.25, 0.3) is 0 Å². The molecule has 1 rings (SSSR count). The summed E-state index contributed by atoms with van der Waals surface area (Å²) in [6, 6.07) is 3.60. The summed E-state index contributed by atoms with van der Waals surface area (Å²) in [4.78, 5) is 15.7. The molecule has 15 heavy (non-hydrogen) atoms. The molecule has 0 aliphatic carbocycles. The van der Waals surface area contributed by atoms with Gasteiger partial charge in [-0.05, 0) is 25.5 Å². The molecule has 0 fully saturated rings. The van der Waals surface area contributed by atoms with E-state index in [0.717, 1.165) is 5.56 Å². The van der Waals surface area contributed by atoms with Gasteiger partial charge in [0.15, 0.2) is 0 Å². The molecule has 80 valence electrons. The quantitative estimate of drug-likeness (QED) is 0.757. The highest BCUT2D eigenvalue weighted by Crippen LogP contribution is 2.06. The fraction of sp³-hybridized carbons (Fsp3) is 0.300. The lowest BCUT2D eigenvalue weighted by atomic mass is 10.1. The number of carbonyl (C=O) groups excluding carboxylic acids is 1. The van der Waals surface area contributed by atoms with Crippen molar-refractivity contribution in [1.29, 1.82) is 0 Å². The minimum atomic E-state index is -0.483. The van der Waals surface area contributed by atoms with Crippen molar-refractivity contribution in [3.63, 3.8) is 0 Å². The molecule has 5 heteroatoms. The Hall–Kier alpha value is -1.49. The summed E-state index contributed by atoms with van der Waals surface area (Å²) in [6.07, 6.45) is 1.68. The standard InChI is InChI=1S/C10H13N3OS/c1-6-3-4-8(12-5-6)13-10(14)7(2)9(11)15/h3-5,7H,1-2H3,(H2,11,15)(H,12,13,14). The molecule has 0 bridgehead atoms. The normalized spacial score (nSPS) is 11.9. The molecule has 0 aromatic carbocycles. The van der Waals surface area contributed by atoms with Crippen LogP contribution in [0.3, 0.4) is 0 Å². The fourth-order valence-corrected chi connectivity index (χ4v) is 1.01. The molecule has 0 radical (unpaired) electrons. The third-order valence-electron chi connectivity index (χ3n) is 1.98. The number of hydrogen-bond donors (Lipinski definition) is 2. The van der Waals surface area contributed by atoms with Crippen LogP contribution in [0.4, 0.5) is 5.82 Å². The summed E-state index contributed by atoms with van der Waals surface area (Å²) in [5, 5.41) is 2.63. The highest BCUT2D eigenvalue weighted by molar-refractivity contribution is 7.80. The van der Waals surface area contributed by atoms with Gasteiger partial charge in [-0.25, -0.2) is 4.98 Å². The highest BCUT2D eigenvalue weighted by Gasteiger charge is 2.15. The van der Waals surface area contributed by atoms with Gasteiger partial charge in [0.05, 0.1) is 10.9 Å². The van der Waals surface area contributed by atoms with Gasteiger partial charge in [-0.2, -0.15) is 0 Å². The molecular formula is C10H13N3OS. The average molecular weight is 223 g/mol. The van der Waals surface area contributed by atoms with E-state index < -0.39 is 5.92 Å². The Balaban J connectivity index is 2.66. The van der Waals surface area contributed by atoms with Crippen LogP contribution in [-0.2, 0) is 4.79 Å². The van der Waals surface area contributed by atoms with Crippen molar-refractivity contribution in [1.82, 2.24) is 4.98 Å². The molecule has 0 aliphatic heterocycles. The largest absolute Gasteiger partial charge is 0.393 e. The van der Waals surface area contributed by atoms with E-state index in [-0.39, 0.29) is 10.9 Å². The maximum atomic E-state index is 11.5. The summed E-state index contributed by atoms with van der Waals surface area (Å²) in [6.45, 7) is 3.59. The zero-order chi connectivity index (χ0) is 11.4. The summed E-state index contributed by atoms with van der Waals surface area (Å²) in [5.74, 6) is -0.212. The Labute approximate surface area is 93.9 Å². The molecule has 0 aliphatic rings. The van der Waals surface area contributed by atoms with Gasteiger partial charge < -0.3 is 11.1 Å². The predicted octanol–water partition coefficient (Wildman–Crippen LogP) is 1.25. The van der Waals surface area contributed by atoms with Crippen LogP contribution < -0.4 is 11.1 Å². The van der Waals surface area contributed by atoms with E-state index >= 15 is 0 Å². The van der Waals surface area contributed by atoms with Gasteiger partial charge >= 0.3 is 0 Å². The number of aryl methyl sites for hydroxylation is 1. The van der Waals surface area contributed by atoms with Gasteiger partial charge in [-0.3, -0.25) is 4.79 Å². The Morgan fingerprint density at radius 1 is 1.60 bits per heavy atom. The van der Waals surface area contributed by atoms with E-state index in [0.29, 0.717) is 5.82 Å². The van der Waals surface area contributed by atoms with Gasteiger partial charge in [0.1, 0.15) is 5.82 Å². The van der Waals surface area contributed by atoms with Crippen molar-refractivity contribution in [3.05, 3.63) is 23.9 Å². The maximum absolute atomic E-state index is 11.5. The second-order valence-corrected chi connectivity index (χ2v) is 3.81. The number of nitrogens with zero attached hydrogens (tertiary/aromatic N) is 1. The second-order valence-electron chi connectivity index (χ2n) is 3.33. The van der Waals surface area contributed by atoms with E-state index in [1.54, 1.807) is 19.2 Å². The van der Waals surface area contributed by atoms with Crippen LogP contribution in [0.1, 0.15) is 12.5 Å². The van der Waals surface area contributed by atoms with Crippen LogP contribution in [-0.4, -0.2) is 15.9 Å². The molecular weight excluding hydrogens is 210 g/mol. The van der Waals surface area contributed by atoms with E-state index in [1.807, 2.05) is 13.0 Å². The van der Waals surface area contributed by atoms with Crippen molar-refractivity contribution in [2.24, 2.45) is 11.7 Å². The molecule has 1 unspecified atom stereocenters. The van der Waals surface area contributed by atoms with Crippen LogP contribution in [0.5, 0.6) is 0 Å². The molecule has 1 aromatic rings. The minimum absolute atomic E-state index is 0.180. The van der Waals surface area contributed by atoms with Gasteiger partial charge in [0, 0.05) is 6.20 Å². The number of amides is 1. The van der Waals surface area contributed by atoms with Gasteiger partial charge in [0.25, 0.3) is 0 Å². The van der Waals surface area contributed by atoms with Crippen LogP contribution in [0.15, 0.2) is 18.3 Å².